The Labute approximate surface area is 142 Å². The number of aliphatic hydroxyl groups is 1. The van der Waals surface area contributed by atoms with Crippen molar-refractivity contribution in [1.82, 2.24) is 5.32 Å². The number of amides is 1. The van der Waals surface area contributed by atoms with Gasteiger partial charge in [0.15, 0.2) is 0 Å². The lowest BCUT2D eigenvalue weighted by atomic mass is 10.0. The highest BCUT2D eigenvalue weighted by molar-refractivity contribution is 5.95. The Kier molecular flexibility index (Phi) is 6.35. The number of carbonyl (C=O) groups excluding carboxylic acids is 1. The molecule has 5 nitrogen and oxygen atoms in total. The number of primary amides is 1. The topological polar surface area (TPSA) is 95.6 Å². The molecule has 0 fully saturated rings. The summed E-state index contributed by atoms with van der Waals surface area (Å²) in [4.78, 5) is 11.2. The van der Waals surface area contributed by atoms with Crippen LogP contribution in [0.1, 0.15) is 40.9 Å². The highest BCUT2D eigenvalue weighted by Crippen LogP contribution is 2.22. The molecule has 1 unspecified atom stereocenters. The molecule has 0 bridgehead atoms. The van der Waals surface area contributed by atoms with Crippen molar-refractivity contribution in [2.45, 2.75) is 31.9 Å². The summed E-state index contributed by atoms with van der Waals surface area (Å²) in [6, 6.07) is 14.9. The van der Waals surface area contributed by atoms with Gasteiger partial charge in [0.1, 0.15) is 5.75 Å². The first-order chi connectivity index (χ1) is 11.5. The number of aliphatic hydroxyl groups excluding tert-OH is 1. The van der Waals surface area contributed by atoms with Crippen LogP contribution in [0.4, 0.5) is 0 Å². The molecule has 2 aromatic rings. The number of nitrogens with one attached hydrogen (secondary N) is 1. The predicted molar refractivity (Wildman–Crippen MR) is 93.8 cm³/mol. The predicted octanol–water partition coefficient (Wildman–Crippen LogP) is 2.14. The Hall–Kier alpha value is -2.37. The van der Waals surface area contributed by atoms with Gasteiger partial charge in [-0.3, -0.25) is 4.79 Å². The Bertz CT molecular complexity index is 674. The number of benzene rings is 2. The molecule has 128 valence electrons. The van der Waals surface area contributed by atoms with Crippen molar-refractivity contribution in [3.8, 4) is 5.75 Å². The molecule has 2 rings (SSSR count). The third-order valence-electron chi connectivity index (χ3n) is 4.04. The SMILES string of the molecule is CC(CCc1ccccc1)NC[C@@H](O)c1ccc(O)c(C(N)=O)c1. The van der Waals surface area contributed by atoms with Gasteiger partial charge in [-0.1, -0.05) is 36.4 Å². The number of hydrogen-bond donors (Lipinski definition) is 4. The van der Waals surface area contributed by atoms with E-state index in [0.29, 0.717) is 12.1 Å². The zero-order chi connectivity index (χ0) is 17.5. The second-order valence-electron chi connectivity index (χ2n) is 5.99. The van der Waals surface area contributed by atoms with Crippen LogP contribution in [-0.4, -0.2) is 28.7 Å². The van der Waals surface area contributed by atoms with E-state index in [2.05, 4.69) is 24.4 Å². The van der Waals surface area contributed by atoms with Gasteiger partial charge >= 0.3 is 0 Å². The van der Waals surface area contributed by atoms with E-state index >= 15 is 0 Å². The quantitative estimate of drug-likeness (QED) is 0.597. The lowest BCUT2D eigenvalue weighted by molar-refractivity contribution is 0.0997. The summed E-state index contributed by atoms with van der Waals surface area (Å²) in [5, 5.41) is 23.1. The molecular weight excluding hydrogens is 304 g/mol. The molecular formula is C19H24N2O3. The molecule has 2 aromatic carbocycles. The van der Waals surface area contributed by atoms with Gasteiger partial charge in [-0.05, 0) is 43.0 Å². The summed E-state index contributed by atoms with van der Waals surface area (Å²) in [6.07, 6.45) is 1.15. The molecule has 0 spiro atoms. The van der Waals surface area contributed by atoms with Crippen molar-refractivity contribution in [3.63, 3.8) is 0 Å². The minimum atomic E-state index is -0.775. The minimum absolute atomic E-state index is 0.0173. The van der Waals surface area contributed by atoms with Crippen molar-refractivity contribution < 1.29 is 15.0 Å². The molecule has 0 aliphatic carbocycles. The number of hydrogen-bond acceptors (Lipinski definition) is 4. The molecule has 0 aliphatic heterocycles. The fourth-order valence-electron chi connectivity index (χ4n) is 2.52. The molecule has 0 saturated carbocycles. The lowest BCUT2D eigenvalue weighted by Crippen LogP contribution is -2.31. The van der Waals surface area contributed by atoms with Crippen LogP contribution >= 0.6 is 0 Å². The van der Waals surface area contributed by atoms with Crippen molar-refractivity contribution in [2.24, 2.45) is 5.73 Å². The first-order valence-electron chi connectivity index (χ1n) is 8.05. The van der Waals surface area contributed by atoms with Crippen molar-refractivity contribution in [3.05, 3.63) is 65.2 Å². The number of aryl methyl sites for hydroxylation is 1. The van der Waals surface area contributed by atoms with Gasteiger partial charge in [0.25, 0.3) is 5.91 Å². The van der Waals surface area contributed by atoms with E-state index in [4.69, 9.17) is 5.73 Å². The van der Waals surface area contributed by atoms with E-state index < -0.39 is 12.0 Å². The molecule has 2 atom stereocenters. The van der Waals surface area contributed by atoms with E-state index in [0.717, 1.165) is 12.8 Å². The number of phenols is 1. The molecule has 0 heterocycles. The summed E-state index contributed by atoms with van der Waals surface area (Å²) in [6.45, 7) is 2.43. The second kappa shape index (κ2) is 8.47. The fraction of sp³-hybridized carbons (Fsp3) is 0.316. The van der Waals surface area contributed by atoms with Crippen LogP contribution in [0.5, 0.6) is 5.75 Å². The van der Waals surface area contributed by atoms with Gasteiger partial charge in [-0.15, -0.1) is 0 Å². The molecule has 0 aliphatic rings. The second-order valence-corrected chi connectivity index (χ2v) is 5.99. The summed E-state index contributed by atoms with van der Waals surface area (Å²) in [7, 11) is 0. The average Bonchev–Trinajstić information content (AvgIpc) is 2.59. The number of rotatable bonds is 8. The fourth-order valence-corrected chi connectivity index (χ4v) is 2.52. The largest absolute Gasteiger partial charge is 0.507 e. The van der Waals surface area contributed by atoms with Gasteiger partial charge < -0.3 is 21.3 Å². The monoisotopic (exact) mass is 328 g/mol. The summed E-state index contributed by atoms with van der Waals surface area (Å²) >= 11 is 0. The third kappa shape index (κ3) is 5.08. The van der Waals surface area contributed by atoms with Crippen LogP contribution in [-0.2, 0) is 6.42 Å². The first-order valence-corrected chi connectivity index (χ1v) is 8.05. The Morgan fingerprint density at radius 2 is 1.92 bits per heavy atom. The summed E-state index contributed by atoms with van der Waals surface area (Å²) < 4.78 is 0. The van der Waals surface area contributed by atoms with Crippen LogP contribution < -0.4 is 11.1 Å². The maximum atomic E-state index is 11.2. The van der Waals surface area contributed by atoms with Crippen LogP contribution in [0, 0.1) is 0 Å². The lowest BCUT2D eigenvalue weighted by Gasteiger charge is -2.18. The van der Waals surface area contributed by atoms with Crippen LogP contribution in [0.2, 0.25) is 0 Å². The van der Waals surface area contributed by atoms with Crippen molar-refractivity contribution >= 4 is 5.91 Å². The highest BCUT2D eigenvalue weighted by Gasteiger charge is 2.14. The summed E-state index contributed by atoms with van der Waals surface area (Å²) in [5.41, 5.74) is 7.06. The van der Waals surface area contributed by atoms with Crippen LogP contribution in [0.25, 0.3) is 0 Å². The highest BCUT2D eigenvalue weighted by atomic mass is 16.3. The third-order valence-corrected chi connectivity index (χ3v) is 4.04. The van der Waals surface area contributed by atoms with Gasteiger partial charge in [0, 0.05) is 12.6 Å². The molecule has 1 amide bonds. The van der Waals surface area contributed by atoms with Gasteiger partial charge in [0.05, 0.1) is 11.7 Å². The molecule has 0 radical (unpaired) electrons. The van der Waals surface area contributed by atoms with Crippen molar-refractivity contribution in [1.29, 1.82) is 0 Å². The maximum absolute atomic E-state index is 11.2. The molecule has 5 heteroatoms. The van der Waals surface area contributed by atoms with Gasteiger partial charge in [-0.25, -0.2) is 0 Å². The van der Waals surface area contributed by atoms with E-state index in [1.54, 1.807) is 6.07 Å². The Morgan fingerprint density at radius 1 is 1.21 bits per heavy atom. The Balaban J connectivity index is 1.85. The van der Waals surface area contributed by atoms with E-state index in [1.807, 2.05) is 18.2 Å². The molecule has 0 aromatic heterocycles. The Morgan fingerprint density at radius 3 is 2.58 bits per heavy atom. The zero-order valence-corrected chi connectivity index (χ0v) is 13.8. The first kappa shape index (κ1) is 18.0. The molecule has 24 heavy (non-hydrogen) atoms. The minimum Gasteiger partial charge on any atom is -0.507 e. The van der Waals surface area contributed by atoms with Crippen LogP contribution in [0.3, 0.4) is 0 Å². The summed E-state index contributed by atoms with van der Waals surface area (Å²) in [5.74, 6) is -0.895. The van der Waals surface area contributed by atoms with E-state index in [-0.39, 0.29) is 17.4 Å². The van der Waals surface area contributed by atoms with E-state index in [9.17, 15) is 15.0 Å². The van der Waals surface area contributed by atoms with E-state index in [1.165, 1.54) is 17.7 Å². The smallest absolute Gasteiger partial charge is 0.252 e. The molecule has 0 saturated heterocycles. The average molecular weight is 328 g/mol. The van der Waals surface area contributed by atoms with Crippen molar-refractivity contribution in [2.75, 3.05) is 6.54 Å². The zero-order valence-electron chi connectivity index (χ0n) is 13.8. The standard InChI is InChI=1S/C19H24N2O3/c1-13(7-8-14-5-3-2-4-6-14)21-12-18(23)15-9-10-17(22)16(11-15)19(20)24/h2-6,9-11,13,18,21-23H,7-8,12H2,1H3,(H2,20,24)/t13?,18-/m1/s1. The molecule has 5 N–H and O–H groups in total. The van der Waals surface area contributed by atoms with Crippen LogP contribution in [0.15, 0.2) is 48.5 Å². The normalized spacial score (nSPS) is 13.4. The van der Waals surface area contributed by atoms with Gasteiger partial charge in [-0.2, -0.15) is 0 Å². The number of nitrogens with two attached hydrogens (primary N) is 1. The number of aromatic hydroxyl groups is 1. The van der Waals surface area contributed by atoms with Gasteiger partial charge in [0.2, 0.25) is 0 Å². The maximum Gasteiger partial charge on any atom is 0.252 e. The number of carbonyl (C=O) groups is 1.